The van der Waals surface area contributed by atoms with Gasteiger partial charge >= 0.3 is 0 Å². The van der Waals surface area contributed by atoms with Gasteiger partial charge < -0.3 is 0 Å². The second kappa shape index (κ2) is 2.00. The Labute approximate surface area is 66.8 Å². The van der Waals surface area contributed by atoms with Gasteiger partial charge in [0.2, 0.25) is 0 Å². The summed E-state index contributed by atoms with van der Waals surface area (Å²) in [4.78, 5) is 0. The van der Waals surface area contributed by atoms with Gasteiger partial charge in [-0.2, -0.15) is 8.75 Å². The predicted octanol–water partition coefficient (Wildman–Crippen LogP) is 2.37. The standard InChI is InChI=1S/C6H6N2S2/c1-3-5-6(10-7-3)4(2)8-9-5/h1-2H3. The summed E-state index contributed by atoms with van der Waals surface area (Å²) in [5.74, 6) is 0. The lowest BCUT2D eigenvalue weighted by Gasteiger charge is -1.72. The molecule has 0 aliphatic rings. The molecule has 0 unspecified atom stereocenters. The van der Waals surface area contributed by atoms with Gasteiger partial charge in [0, 0.05) is 0 Å². The zero-order chi connectivity index (χ0) is 7.14. The first kappa shape index (κ1) is 6.24. The second-order valence-corrected chi connectivity index (χ2v) is 3.74. The average molecular weight is 170 g/mol. The highest BCUT2D eigenvalue weighted by atomic mass is 32.1. The minimum atomic E-state index is 1.12. The molecule has 2 aromatic heterocycles. The summed E-state index contributed by atoms with van der Waals surface area (Å²) >= 11 is 3.09. The van der Waals surface area contributed by atoms with Crippen LogP contribution in [0.3, 0.4) is 0 Å². The van der Waals surface area contributed by atoms with E-state index >= 15 is 0 Å². The maximum atomic E-state index is 4.23. The molecule has 0 fully saturated rings. The van der Waals surface area contributed by atoms with Crippen LogP contribution in [-0.4, -0.2) is 8.75 Å². The Balaban J connectivity index is 2.95. The first-order chi connectivity index (χ1) is 4.79. The molecule has 0 saturated heterocycles. The molecule has 2 nitrogen and oxygen atoms in total. The Morgan fingerprint density at radius 1 is 0.900 bits per heavy atom. The van der Waals surface area contributed by atoms with E-state index in [4.69, 9.17) is 0 Å². The molecule has 0 amide bonds. The molecule has 2 heterocycles. The Morgan fingerprint density at radius 3 is 1.70 bits per heavy atom. The summed E-state index contributed by atoms with van der Waals surface area (Å²) in [6.07, 6.45) is 0. The van der Waals surface area contributed by atoms with E-state index < -0.39 is 0 Å². The third-order valence-electron chi connectivity index (χ3n) is 1.41. The zero-order valence-electron chi connectivity index (χ0n) is 5.71. The van der Waals surface area contributed by atoms with Crippen LogP contribution in [0.25, 0.3) is 9.40 Å². The van der Waals surface area contributed by atoms with Crippen LogP contribution in [0.5, 0.6) is 0 Å². The molecular formula is C6H6N2S2. The van der Waals surface area contributed by atoms with Crippen molar-refractivity contribution in [1.82, 2.24) is 8.75 Å². The molecule has 4 heteroatoms. The molecule has 0 bridgehead atoms. The maximum absolute atomic E-state index is 4.23. The number of hydrogen-bond donors (Lipinski definition) is 0. The lowest BCUT2D eigenvalue weighted by molar-refractivity contribution is 1.38. The Hall–Kier alpha value is -0.480. The molecule has 0 saturated carbocycles. The van der Waals surface area contributed by atoms with E-state index in [2.05, 4.69) is 8.75 Å². The molecule has 2 rings (SSSR count). The third kappa shape index (κ3) is 0.690. The molecule has 0 atom stereocenters. The number of aromatic nitrogens is 2. The highest BCUT2D eigenvalue weighted by Gasteiger charge is 2.06. The number of rotatable bonds is 0. The largest absolute Gasteiger partial charge is 0.196 e. The minimum absolute atomic E-state index is 1.12. The van der Waals surface area contributed by atoms with E-state index in [-0.39, 0.29) is 0 Å². The van der Waals surface area contributed by atoms with Crippen molar-refractivity contribution < 1.29 is 0 Å². The summed E-state index contributed by atoms with van der Waals surface area (Å²) in [5.41, 5.74) is 2.23. The fourth-order valence-corrected chi connectivity index (χ4v) is 2.65. The number of aryl methyl sites for hydroxylation is 2. The third-order valence-corrected chi connectivity index (χ3v) is 3.63. The van der Waals surface area contributed by atoms with Crippen molar-refractivity contribution in [2.24, 2.45) is 0 Å². The van der Waals surface area contributed by atoms with Crippen LogP contribution in [0, 0.1) is 13.8 Å². The molecule has 10 heavy (non-hydrogen) atoms. The zero-order valence-corrected chi connectivity index (χ0v) is 7.34. The van der Waals surface area contributed by atoms with E-state index in [1.807, 2.05) is 13.8 Å². The lowest BCUT2D eigenvalue weighted by Crippen LogP contribution is -1.61. The summed E-state index contributed by atoms with van der Waals surface area (Å²) < 4.78 is 11.0. The highest BCUT2D eigenvalue weighted by Crippen LogP contribution is 2.28. The van der Waals surface area contributed by atoms with Gasteiger partial charge in [-0.3, -0.25) is 0 Å². The highest BCUT2D eigenvalue weighted by molar-refractivity contribution is 7.22. The van der Waals surface area contributed by atoms with Crippen molar-refractivity contribution >= 4 is 32.5 Å². The number of nitrogens with zero attached hydrogens (tertiary/aromatic N) is 2. The monoisotopic (exact) mass is 170 g/mol. The Bertz CT molecular complexity index is 325. The van der Waals surface area contributed by atoms with Gasteiger partial charge in [0.15, 0.2) is 0 Å². The Kier molecular flexibility index (Phi) is 1.25. The molecule has 0 aliphatic heterocycles. The fourth-order valence-electron chi connectivity index (χ4n) is 0.855. The van der Waals surface area contributed by atoms with E-state index in [0.717, 1.165) is 11.4 Å². The van der Waals surface area contributed by atoms with Crippen LogP contribution < -0.4 is 0 Å². The maximum Gasteiger partial charge on any atom is 0.0890 e. The van der Waals surface area contributed by atoms with Crippen LogP contribution in [0.1, 0.15) is 11.4 Å². The molecule has 2 aromatic rings. The molecule has 0 aliphatic carbocycles. The van der Waals surface area contributed by atoms with Crippen molar-refractivity contribution in [1.29, 1.82) is 0 Å². The summed E-state index contributed by atoms with van der Waals surface area (Å²) in [6.45, 7) is 4.05. The predicted molar refractivity (Wildman–Crippen MR) is 44.8 cm³/mol. The SMILES string of the molecule is Cc1nsc2c(C)nsc12. The van der Waals surface area contributed by atoms with Crippen LogP contribution in [-0.2, 0) is 0 Å². The first-order valence-electron chi connectivity index (χ1n) is 2.97. The van der Waals surface area contributed by atoms with Crippen LogP contribution in [0.15, 0.2) is 0 Å². The fraction of sp³-hybridized carbons (Fsp3) is 0.333. The van der Waals surface area contributed by atoms with Gasteiger partial charge in [-0.25, -0.2) is 0 Å². The number of fused-ring (bicyclic) bond motifs is 1. The number of hydrogen-bond acceptors (Lipinski definition) is 4. The molecule has 0 aromatic carbocycles. The quantitative estimate of drug-likeness (QED) is 0.606. The van der Waals surface area contributed by atoms with Gasteiger partial charge in [0.05, 0.1) is 20.8 Å². The van der Waals surface area contributed by atoms with Crippen LogP contribution in [0.2, 0.25) is 0 Å². The molecular weight excluding hydrogens is 164 g/mol. The first-order valence-corrected chi connectivity index (χ1v) is 4.52. The summed E-state index contributed by atoms with van der Waals surface area (Å²) in [6, 6.07) is 0. The van der Waals surface area contributed by atoms with E-state index in [1.165, 1.54) is 9.40 Å². The average Bonchev–Trinajstić information content (AvgIpc) is 2.41. The van der Waals surface area contributed by atoms with Crippen molar-refractivity contribution in [2.45, 2.75) is 13.8 Å². The second-order valence-electron chi connectivity index (χ2n) is 2.19. The Morgan fingerprint density at radius 2 is 1.30 bits per heavy atom. The molecule has 0 radical (unpaired) electrons. The normalized spacial score (nSPS) is 11.0. The van der Waals surface area contributed by atoms with Gasteiger partial charge in [-0.15, -0.1) is 0 Å². The molecule has 52 valence electrons. The van der Waals surface area contributed by atoms with Crippen LogP contribution >= 0.6 is 23.1 Å². The van der Waals surface area contributed by atoms with Crippen molar-refractivity contribution in [3.05, 3.63) is 11.4 Å². The van der Waals surface area contributed by atoms with Gasteiger partial charge in [-0.1, -0.05) is 0 Å². The topological polar surface area (TPSA) is 25.8 Å². The van der Waals surface area contributed by atoms with E-state index in [1.54, 1.807) is 23.1 Å². The van der Waals surface area contributed by atoms with Crippen LogP contribution in [0.4, 0.5) is 0 Å². The summed E-state index contributed by atoms with van der Waals surface area (Å²) in [7, 11) is 0. The smallest absolute Gasteiger partial charge is 0.0890 e. The van der Waals surface area contributed by atoms with Gasteiger partial charge in [0.1, 0.15) is 0 Å². The molecule has 0 N–H and O–H groups in total. The van der Waals surface area contributed by atoms with E-state index in [0.29, 0.717) is 0 Å². The van der Waals surface area contributed by atoms with E-state index in [9.17, 15) is 0 Å². The van der Waals surface area contributed by atoms with Crippen molar-refractivity contribution in [3.8, 4) is 0 Å². The van der Waals surface area contributed by atoms with Gasteiger partial charge in [-0.05, 0) is 36.9 Å². The molecule has 0 spiro atoms. The van der Waals surface area contributed by atoms with Crippen molar-refractivity contribution in [3.63, 3.8) is 0 Å². The minimum Gasteiger partial charge on any atom is -0.196 e. The van der Waals surface area contributed by atoms with Gasteiger partial charge in [0.25, 0.3) is 0 Å². The lowest BCUT2D eigenvalue weighted by atomic mass is 10.4. The van der Waals surface area contributed by atoms with Crippen molar-refractivity contribution in [2.75, 3.05) is 0 Å². The summed E-state index contributed by atoms with van der Waals surface area (Å²) in [5, 5.41) is 0.